The number of halogens is 1. The Morgan fingerprint density at radius 1 is 0.913 bits per heavy atom. The lowest BCUT2D eigenvalue weighted by Crippen LogP contribution is -2.20. The van der Waals surface area contributed by atoms with Crippen molar-refractivity contribution in [3.8, 4) is 0 Å². The number of aliphatic hydroxyl groups excluding tert-OH is 1. The molecule has 0 aliphatic heterocycles. The highest BCUT2D eigenvalue weighted by Crippen LogP contribution is 2.19. The topological polar surface area (TPSA) is 46.5 Å². The second-order valence-corrected chi connectivity index (χ2v) is 7.08. The molecule has 0 heterocycles. The first-order valence-electron chi connectivity index (χ1n) is 9.50. The predicted octanol–water partition coefficient (Wildman–Crippen LogP) is 5.61. The first-order valence-corrected chi connectivity index (χ1v) is 9.94. The molecule has 138 valence electrons. The summed E-state index contributed by atoms with van der Waals surface area (Å²) in [4.78, 5) is 11.0. The van der Waals surface area contributed by atoms with Gasteiger partial charge in [-0.15, -0.1) is 11.6 Å². The summed E-state index contributed by atoms with van der Waals surface area (Å²) in [5.74, 6) is -0.122. The van der Waals surface area contributed by atoms with Crippen LogP contribution < -0.4 is 0 Å². The summed E-state index contributed by atoms with van der Waals surface area (Å²) in [7, 11) is 1.43. The van der Waals surface area contributed by atoms with Gasteiger partial charge in [0.25, 0.3) is 0 Å². The third-order valence-electron chi connectivity index (χ3n) is 4.36. The van der Waals surface area contributed by atoms with Gasteiger partial charge in [-0.05, 0) is 19.3 Å². The molecule has 2 unspecified atom stereocenters. The zero-order valence-corrected chi connectivity index (χ0v) is 16.0. The number of carbonyl (C=O) groups is 1. The van der Waals surface area contributed by atoms with Gasteiger partial charge >= 0.3 is 5.97 Å². The van der Waals surface area contributed by atoms with Crippen LogP contribution in [0.25, 0.3) is 0 Å². The maximum Gasteiger partial charge on any atom is 0.305 e. The summed E-state index contributed by atoms with van der Waals surface area (Å²) >= 11 is 6.28. The molecule has 23 heavy (non-hydrogen) atoms. The minimum Gasteiger partial charge on any atom is -0.469 e. The minimum atomic E-state index is -0.359. The summed E-state index contributed by atoms with van der Waals surface area (Å²) < 4.78 is 4.61. The number of hydrogen-bond acceptors (Lipinski definition) is 3. The summed E-state index contributed by atoms with van der Waals surface area (Å²) in [5, 5.41) is 9.96. The Kier molecular flexibility index (Phi) is 16.4. The highest BCUT2D eigenvalue weighted by molar-refractivity contribution is 6.21. The Labute approximate surface area is 148 Å². The number of rotatable bonds is 16. The summed E-state index contributed by atoms with van der Waals surface area (Å²) in [6, 6.07) is 0. The van der Waals surface area contributed by atoms with Crippen LogP contribution in [0.15, 0.2) is 0 Å². The van der Waals surface area contributed by atoms with Crippen LogP contribution in [0.3, 0.4) is 0 Å². The van der Waals surface area contributed by atoms with Crippen LogP contribution >= 0.6 is 11.6 Å². The monoisotopic (exact) mass is 348 g/mol. The van der Waals surface area contributed by atoms with E-state index in [0.717, 1.165) is 51.4 Å². The van der Waals surface area contributed by atoms with E-state index in [0.29, 0.717) is 6.42 Å². The van der Waals surface area contributed by atoms with Gasteiger partial charge in [-0.25, -0.2) is 0 Å². The molecule has 0 fully saturated rings. The molecule has 4 heteroatoms. The molecule has 0 bridgehead atoms. The van der Waals surface area contributed by atoms with E-state index in [-0.39, 0.29) is 17.5 Å². The Morgan fingerprint density at radius 2 is 1.43 bits per heavy atom. The standard InChI is InChI=1S/C19H37ClO3/c1-3-4-5-6-9-12-15-18(21)17(20)14-11-8-7-10-13-16-19(22)23-2/h17-18,21H,3-16H2,1-2H3. The van der Waals surface area contributed by atoms with Crippen molar-refractivity contribution in [3.05, 3.63) is 0 Å². The fraction of sp³-hybridized carbons (Fsp3) is 0.947. The first-order chi connectivity index (χ1) is 11.1. The molecule has 0 aliphatic rings. The number of carbonyl (C=O) groups excluding carboxylic acids is 1. The van der Waals surface area contributed by atoms with E-state index in [1.165, 1.54) is 39.2 Å². The number of hydrogen-bond donors (Lipinski definition) is 1. The summed E-state index contributed by atoms with van der Waals surface area (Å²) in [6.07, 6.45) is 14.6. The number of ether oxygens (including phenoxy) is 1. The zero-order chi connectivity index (χ0) is 17.3. The summed E-state index contributed by atoms with van der Waals surface area (Å²) in [6.45, 7) is 2.22. The molecular formula is C19H37ClO3. The van der Waals surface area contributed by atoms with E-state index < -0.39 is 0 Å². The molecule has 1 N–H and O–H groups in total. The average molecular weight is 349 g/mol. The molecule has 0 amide bonds. The van der Waals surface area contributed by atoms with Crippen molar-refractivity contribution in [1.82, 2.24) is 0 Å². The molecule has 0 saturated carbocycles. The second-order valence-electron chi connectivity index (χ2n) is 6.52. The van der Waals surface area contributed by atoms with Gasteiger partial charge < -0.3 is 9.84 Å². The summed E-state index contributed by atoms with van der Waals surface area (Å²) in [5.41, 5.74) is 0. The van der Waals surface area contributed by atoms with Gasteiger partial charge in [-0.1, -0.05) is 71.1 Å². The van der Waals surface area contributed by atoms with Gasteiger partial charge in [0.2, 0.25) is 0 Å². The van der Waals surface area contributed by atoms with Crippen LogP contribution in [0.4, 0.5) is 0 Å². The minimum absolute atomic E-state index is 0.110. The predicted molar refractivity (Wildman–Crippen MR) is 98.0 cm³/mol. The highest BCUT2D eigenvalue weighted by atomic mass is 35.5. The Bertz CT molecular complexity index is 271. The van der Waals surface area contributed by atoms with E-state index in [9.17, 15) is 9.90 Å². The van der Waals surface area contributed by atoms with Crippen LogP contribution in [0, 0.1) is 0 Å². The van der Waals surface area contributed by atoms with Crippen molar-refractivity contribution in [3.63, 3.8) is 0 Å². The smallest absolute Gasteiger partial charge is 0.305 e. The average Bonchev–Trinajstić information content (AvgIpc) is 2.56. The molecule has 0 aromatic rings. The van der Waals surface area contributed by atoms with Crippen molar-refractivity contribution < 1.29 is 14.6 Å². The zero-order valence-electron chi connectivity index (χ0n) is 15.2. The Morgan fingerprint density at radius 3 is 2.04 bits per heavy atom. The lowest BCUT2D eigenvalue weighted by Gasteiger charge is -2.16. The number of aliphatic hydroxyl groups is 1. The first kappa shape index (κ1) is 22.7. The SMILES string of the molecule is CCCCCCCCC(O)C(Cl)CCCCCCCC(=O)OC. The van der Waals surface area contributed by atoms with Gasteiger partial charge in [0.15, 0.2) is 0 Å². The number of esters is 1. The fourth-order valence-corrected chi connectivity index (χ4v) is 3.03. The normalized spacial score (nSPS) is 13.7. The number of alkyl halides is 1. The molecule has 0 aliphatic carbocycles. The molecular weight excluding hydrogens is 312 g/mol. The maximum absolute atomic E-state index is 11.0. The van der Waals surface area contributed by atoms with Gasteiger partial charge in [-0.2, -0.15) is 0 Å². The highest BCUT2D eigenvalue weighted by Gasteiger charge is 2.15. The van der Waals surface area contributed by atoms with Crippen LogP contribution in [0.2, 0.25) is 0 Å². The fourth-order valence-electron chi connectivity index (χ4n) is 2.75. The van der Waals surface area contributed by atoms with Gasteiger partial charge in [0.05, 0.1) is 18.6 Å². The molecule has 0 spiro atoms. The van der Waals surface area contributed by atoms with E-state index >= 15 is 0 Å². The van der Waals surface area contributed by atoms with Gasteiger partial charge in [0, 0.05) is 6.42 Å². The molecule has 0 rings (SSSR count). The van der Waals surface area contributed by atoms with Gasteiger partial charge in [0.1, 0.15) is 0 Å². The molecule has 0 aromatic carbocycles. The van der Waals surface area contributed by atoms with Crippen molar-refractivity contribution in [2.24, 2.45) is 0 Å². The largest absolute Gasteiger partial charge is 0.469 e. The third-order valence-corrected chi connectivity index (χ3v) is 4.87. The van der Waals surface area contributed by atoms with E-state index in [1.807, 2.05) is 0 Å². The Balaban J connectivity index is 3.40. The van der Waals surface area contributed by atoms with Crippen molar-refractivity contribution in [2.75, 3.05) is 7.11 Å². The second kappa shape index (κ2) is 16.6. The van der Waals surface area contributed by atoms with Crippen LogP contribution in [-0.2, 0) is 9.53 Å². The number of methoxy groups -OCH3 is 1. The van der Waals surface area contributed by atoms with Crippen molar-refractivity contribution in [1.29, 1.82) is 0 Å². The van der Waals surface area contributed by atoms with Gasteiger partial charge in [-0.3, -0.25) is 4.79 Å². The van der Waals surface area contributed by atoms with E-state index in [2.05, 4.69) is 11.7 Å². The molecule has 2 atom stereocenters. The Hall–Kier alpha value is -0.280. The van der Waals surface area contributed by atoms with Crippen molar-refractivity contribution >= 4 is 17.6 Å². The lowest BCUT2D eigenvalue weighted by molar-refractivity contribution is -0.140. The van der Waals surface area contributed by atoms with Crippen LogP contribution in [-0.4, -0.2) is 29.7 Å². The van der Waals surface area contributed by atoms with Crippen LogP contribution in [0.5, 0.6) is 0 Å². The number of unbranched alkanes of at least 4 members (excludes halogenated alkanes) is 9. The van der Waals surface area contributed by atoms with E-state index in [1.54, 1.807) is 0 Å². The quantitative estimate of drug-likeness (QED) is 0.224. The molecule has 3 nitrogen and oxygen atoms in total. The third kappa shape index (κ3) is 15.0. The molecule has 0 radical (unpaired) electrons. The van der Waals surface area contributed by atoms with Crippen molar-refractivity contribution in [2.45, 2.75) is 108 Å². The lowest BCUT2D eigenvalue weighted by atomic mass is 10.0. The van der Waals surface area contributed by atoms with E-state index in [4.69, 9.17) is 11.6 Å². The van der Waals surface area contributed by atoms with Crippen LogP contribution in [0.1, 0.15) is 96.8 Å². The molecule has 0 saturated heterocycles. The molecule has 0 aromatic heterocycles. The maximum atomic E-state index is 11.0.